The summed E-state index contributed by atoms with van der Waals surface area (Å²) in [6.07, 6.45) is -0.0706. The van der Waals surface area contributed by atoms with Crippen LogP contribution in [0.15, 0.2) is 0 Å². The van der Waals surface area contributed by atoms with E-state index in [1.807, 2.05) is 0 Å². The van der Waals surface area contributed by atoms with E-state index in [1.165, 1.54) is 11.8 Å². The minimum atomic E-state index is -0.656. The van der Waals surface area contributed by atoms with Crippen molar-refractivity contribution in [1.82, 2.24) is 0 Å². The third kappa shape index (κ3) is 6.87. The molecule has 0 amide bonds. The number of rotatable bonds is 7. The number of aliphatic hydroxyl groups is 3. The molecule has 12 heavy (non-hydrogen) atoms. The average Bonchev–Trinajstić information content (AvgIpc) is 2.04. The van der Waals surface area contributed by atoms with Gasteiger partial charge in [-0.15, -0.1) is 0 Å². The van der Waals surface area contributed by atoms with E-state index in [0.29, 0.717) is 17.9 Å². The fraction of sp³-hybridized carbons (Fsp3) is 1.00. The zero-order chi connectivity index (χ0) is 9.40. The smallest absolute Gasteiger partial charge is 0.0861 e. The second-order valence-electron chi connectivity index (χ2n) is 2.65. The summed E-state index contributed by atoms with van der Waals surface area (Å²) in [7, 11) is 0. The van der Waals surface area contributed by atoms with Crippen LogP contribution < -0.4 is 5.73 Å². The highest BCUT2D eigenvalue weighted by Gasteiger charge is 2.05. The van der Waals surface area contributed by atoms with Crippen molar-refractivity contribution in [1.29, 1.82) is 0 Å². The van der Waals surface area contributed by atoms with Crippen molar-refractivity contribution < 1.29 is 15.3 Å². The molecule has 0 saturated carbocycles. The van der Waals surface area contributed by atoms with Crippen LogP contribution in [0.4, 0.5) is 0 Å². The Bertz CT molecular complexity index is 105. The van der Waals surface area contributed by atoms with Gasteiger partial charge >= 0.3 is 0 Å². The molecule has 0 aliphatic carbocycles. The SMILES string of the molecule is NC(CCO)CSCC(O)CO. The molecular formula is C7H17NO3S. The maximum Gasteiger partial charge on any atom is 0.0861 e. The minimum absolute atomic E-state index is 0.0223. The van der Waals surface area contributed by atoms with Crippen LogP contribution in [-0.4, -0.2) is 52.2 Å². The van der Waals surface area contributed by atoms with Crippen molar-refractivity contribution in [3.63, 3.8) is 0 Å². The summed E-state index contributed by atoms with van der Waals surface area (Å²) >= 11 is 1.49. The summed E-state index contributed by atoms with van der Waals surface area (Å²) in [5, 5.41) is 25.9. The Labute approximate surface area is 76.8 Å². The lowest BCUT2D eigenvalue weighted by Gasteiger charge is -2.10. The molecule has 0 spiro atoms. The second kappa shape index (κ2) is 7.82. The maximum absolute atomic E-state index is 8.94. The molecule has 4 nitrogen and oxygen atoms in total. The van der Waals surface area contributed by atoms with Gasteiger partial charge in [-0.3, -0.25) is 0 Å². The molecule has 0 radical (unpaired) electrons. The quantitative estimate of drug-likeness (QED) is 0.409. The zero-order valence-corrected chi connectivity index (χ0v) is 7.83. The van der Waals surface area contributed by atoms with Crippen LogP contribution in [0.5, 0.6) is 0 Å². The third-order valence-electron chi connectivity index (χ3n) is 1.35. The average molecular weight is 195 g/mol. The second-order valence-corrected chi connectivity index (χ2v) is 3.72. The van der Waals surface area contributed by atoms with E-state index in [-0.39, 0.29) is 19.3 Å². The van der Waals surface area contributed by atoms with Gasteiger partial charge in [-0.05, 0) is 6.42 Å². The molecule has 0 aliphatic heterocycles. The van der Waals surface area contributed by atoms with Crippen molar-refractivity contribution in [2.45, 2.75) is 18.6 Å². The number of nitrogens with two attached hydrogens (primary N) is 1. The molecule has 0 fully saturated rings. The molecule has 0 aromatic rings. The van der Waals surface area contributed by atoms with Crippen LogP contribution in [-0.2, 0) is 0 Å². The molecule has 0 aliphatic rings. The van der Waals surface area contributed by atoms with Crippen LogP contribution in [0.3, 0.4) is 0 Å². The van der Waals surface area contributed by atoms with E-state index in [2.05, 4.69) is 0 Å². The predicted molar refractivity (Wildman–Crippen MR) is 50.1 cm³/mol. The van der Waals surface area contributed by atoms with Crippen molar-refractivity contribution in [2.75, 3.05) is 24.7 Å². The standard InChI is InChI=1S/C7H17NO3S/c8-6(1-2-9)4-12-5-7(11)3-10/h6-7,9-11H,1-5,8H2. The van der Waals surface area contributed by atoms with Gasteiger partial charge in [-0.25, -0.2) is 0 Å². The Morgan fingerprint density at radius 3 is 2.42 bits per heavy atom. The van der Waals surface area contributed by atoms with Crippen LogP contribution in [0.25, 0.3) is 0 Å². The molecule has 0 heterocycles. The molecule has 2 unspecified atom stereocenters. The Hall–Kier alpha value is 0.190. The Kier molecular flexibility index (Phi) is 7.94. The van der Waals surface area contributed by atoms with Crippen molar-refractivity contribution in [3.05, 3.63) is 0 Å². The van der Waals surface area contributed by atoms with E-state index >= 15 is 0 Å². The number of aliphatic hydroxyl groups excluding tert-OH is 3. The van der Waals surface area contributed by atoms with E-state index in [1.54, 1.807) is 0 Å². The Balaban J connectivity index is 3.18. The molecule has 0 saturated heterocycles. The molecule has 0 aromatic carbocycles. The third-order valence-corrected chi connectivity index (χ3v) is 2.64. The Morgan fingerprint density at radius 2 is 1.92 bits per heavy atom. The van der Waals surface area contributed by atoms with Crippen molar-refractivity contribution in [2.24, 2.45) is 5.73 Å². The highest BCUT2D eigenvalue weighted by molar-refractivity contribution is 7.99. The highest BCUT2D eigenvalue weighted by atomic mass is 32.2. The molecular weight excluding hydrogens is 178 g/mol. The number of hydrogen-bond donors (Lipinski definition) is 4. The predicted octanol–water partition coefficient (Wildman–Crippen LogP) is -1.22. The summed E-state index contributed by atoms with van der Waals surface area (Å²) in [4.78, 5) is 0. The van der Waals surface area contributed by atoms with Crippen LogP contribution in [0.2, 0.25) is 0 Å². The first-order valence-corrected chi connectivity index (χ1v) is 5.09. The van der Waals surface area contributed by atoms with Gasteiger partial charge in [0.15, 0.2) is 0 Å². The molecule has 74 valence electrons. The lowest BCUT2D eigenvalue weighted by atomic mass is 10.3. The fourth-order valence-corrected chi connectivity index (χ4v) is 1.64. The summed E-state index contributed by atoms with van der Waals surface area (Å²) < 4.78 is 0. The number of hydrogen-bond acceptors (Lipinski definition) is 5. The lowest BCUT2D eigenvalue weighted by molar-refractivity contribution is 0.113. The molecule has 0 rings (SSSR count). The van der Waals surface area contributed by atoms with Crippen molar-refractivity contribution >= 4 is 11.8 Å². The zero-order valence-electron chi connectivity index (χ0n) is 7.02. The van der Waals surface area contributed by atoms with E-state index in [4.69, 9.17) is 21.1 Å². The normalized spacial score (nSPS) is 16.0. The molecule has 5 N–H and O–H groups in total. The van der Waals surface area contributed by atoms with Crippen LogP contribution in [0, 0.1) is 0 Å². The monoisotopic (exact) mass is 195 g/mol. The van der Waals surface area contributed by atoms with E-state index in [9.17, 15) is 0 Å². The van der Waals surface area contributed by atoms with Crippen molar-refractivity contribution in [3.8, 4) is 0 Å². The highest BCUT2D eigenvalue weighted by Crippen LogP contribution is 2.05. The summed E-state index contributed by atoms with van der Waals surface area (Å²) in [6, 6.07) is -0.0223. The molecule has 0 aromatic heterocycles. The van der Waals surface area contributed by atoms with E-state index in [0.717, 1.165) is 0 Å². The molecule has 5 heteroatoms. The fourth-order valence-electron chi connectivity index (χ4n) is 0.657. The first-order valence-electron chi connectivity index (χ1n) is 3.93. The maximum atomic E-state index is 8.94. The minimum Gasteiger partial charge on any atom is -0.396 e. The topological polar surface area (TPSA) is 86.7 Å². The lowest BCUT2D eigenvalue weighted by Crippen LogP contribution is -2.25. The summed E-state index contributed by atoms with van der Waals surface area (Å²) in [5.74, 6) is 1.20. The summed E-state index contributed by atoms with van der Waals surface area (Å²) in [5.41, 5.74) is 5.59. The molecule has 2 atom stereocenters. The van der Waals surface area contributed by atoms with E-state index < -0.39 is 6.10 Å². The first-order chi connectivity index (χ1) is 5.70. The van der Waals surface area contributed by atoms with Gasteiger partial charge < -0.3 is 21.1 Å². The Morgan fingerprint density at radius 1 is 1.25 bits per heavy atom. The first kappa shape index (κ1) is 12.2. The van der Waals surface area contributed by atoms with Gasteiger partial charge in [-0.2, -0.15) is 11.8 Å². The van der Waals surface area contributed by atoms with Gasteiger partial charge in [0.1, 0.15) is 0 Å². The van der Waals surface area contributed by atoms with Crippen LogP contribution >= 0.6 is 11.8 Å². The molecule has 0 bridgehead atoms. The summed E-state index contributed by atoms with van der Waals surface area (Å²) in [6.45, 7) is -0.105. The van der Waals surface area contributed by atoms with Crippen LogP contribution in [0.1, 0.15) is 6.42 Å². The van der Waals surface area contributed by atoms with Gasteiger partial charge in [0.05, 0.1) is 12.7 Å². The number of thioether (sulfide) groups is 1. The largest absolute Gasteiger partial charge is 0.396 e. The van der Waals surface area contributed by atoms with Gasteiger partial charge in [0.25, 0.3) is 0 Å². The van der Waals surface area contributed by atoms with Gasteiger partial charge in [-0.1, -0.05) is 0 Å². The van der Waals surface area contributed by atoms with Gasteiger partial charge in [0.2, 0.25) is 0 Å². The van der Waals surface area contributed by atoms with Gasteiger partial charge in [0, 0.05) is 24.2 Å².